The summed E-state index contributed by atoms with van der Waals surface area (Å²) in [6, 6.07) is 8.62. The van der Waals surface area contributed by atoms with Crippen molar-refractivity contribution in [3.05, 3.63) is 30.3 Å². The van der Waals surface area contributed by atoms with E-state index in [-0.39, 0.29) is 41.9 Å². The molecule has 250 valence electrons. The first-order chi connectivity index (χ1) is 20.2. The Morgan fingerprint density at radius 1 is 0.886 bits per heavy atom. The lowest BCUT2D eigenvalue weighted by molar-refractivity contribution is -0.290. The van der Waals surface area contributed by atoms with E-state index >= 15 is 0 Å². The summed E-state index contributed by atoms with van der Waals surface area (Å²) >= 11 is 0. The number of benzene rings is 1. The van der Waals surface area contributed by atoms with E-state index in [1.54, 1.807) is 24.3 Å². The van der Waals surface area contributed by atoms with Gasteiger partial charge in [0.1, 0.15) is 0 Å². The van der Waals surface area contributed by atoms with E-state index in [1.807, 2.05) is 26.8 Å². The fourth-order valence-corrected chi connectivity index (χ4v) is 12.7. The second-order valence-electron chi connectivity index (χ2n) is 16.9. The van der Waals surface area contributed by atoms with Gasteiger partial charge in [-0.2, -0.15) is 13.2 Å². The van der Waals surface area contributed by atoms with Gasteiger partial charge in [-0.05, 0) is 135 Å². The van der Waals surface area contributed by atoms with Crippen LogP contribution in [0.5, 0.6) is 0 Å². The Kier molecular flexibility index (Phi) is 8.97. The third-order valence-corrected chi connectivity index (χ3v) is 15.8. The van der Waals surface area contributed by atoms with Crippen LogP contribution in [-0.4, -0.2) is 41.8 Å². The van der Waals surface area contributed by atoms with Crippen LogP contribution in [0.1, 0.15) is 112 Å². The average molecular weight is 641 g/mol. The van der Waals surface area contributed by atoms with E-state index in [1.165, 1.54) is 0 Å². The molecule has 0 spiro atoms. The number of alkyl halides is 3. The smallest absolute Gasteiger partial charge is 0.393 e. The molecule has 4 nitrogen and oxygen atoms in total. The SMILES string of the molecule is C[C@H](CC(C[C@H](O)C(C)(C)C)S(=O)(=O)c1ccccc1)[C@H]1CC[C@H]2[C@@H]3CC[C@H]4C[C@](O)(C(F)(F)F)CC[C@]4(C)[C@H]3CC[C@]12C. The van der Waals surface area contributed by atoms with Crippen LogP contribution in [0.15, 0.2) is 35.2 Å². The van der Waals surface area contributed by atoms with Gasteiger partial charge in [-0.25, -0.2) is 8.42 Å². The van der Waals surface area contributed by atoms with Gasteiger partial charge in [-0.1, -0.05) is 59.7 Å². The second-order valence-corrected chi connectivity index (χ2v) is 19.2. The number of fused-ring (bicyclic) bond motifs is 5. The van der Waals surface area contributed by atoms with Gasteiger partial charge in [0, 0.05) is 0 Å². The molecule has 8 heteroatoms. The molecular formula is C36H55F3O4S. The lowest BCUT2D eigenvalue weighted by Gasteiger charge is -2.62. The summed E-state index contributed by atoms with van der Waals surface area (Å²) < 4.78 is 69.3. The molecule has 0 radical (unpaired) electrons. The molecule has 0 aromatic heterocycles. The molecular weight excluding hydrogens is 585 g/mol. The van der Waals surface area contributed by atoms with E-state index < -0.39 is 38.4 Å². The Bertz CT molecular complexity index is 1280. The third kappa shape index (κ3) is 5.80. The summed E-state index contributed by atoms with van der Waals surface area (Å²) in [5.41, 5.74) is -3.10. The highest BCUT2D eigenvalue weighted by molar-refractivity contribution is 7.92. The van der Waals surface area contributed by atoms with E-state index in [9.17, 15) is 31.8 Å². The van der Waals surface area contributed by atoms with Crippen LogP contribution in [0.25, 0.3) is 0 Å². The molecule has 0 heterocycles. The first-order valence-corrected chi connectivity index (χ1v) is 18.5. The fraction of sp³-hybridized carbons (Fsp3) is 0.833. The van der Waals surface area contributed by atoms with E-state index in [4.69, 9.17) is 0 Å². The summed E-state index contributed by atoms with van der Waals surface area (Å²) in [6.07, 6.45) is 1.21. The Hall–Kier alpha value is -1.12. The summed E-state index contributed by atoms with van der Waals surface area (Å²) in [4.78, 5) is 0.309. The van der Waals surface area contributed by atoms with Crippen LogP contribution >= 0.6 is 0 Å². The highest BCUT2D eigenvalue weighted by Crippen LogP contribution is 2.69. The van der Waals surface area contributed by atoms with Gasteiger partial charge in [-0.15, -0.1) is 0 Å². The number of hydrogen-bond acceptors (Lipinski definition) is 4. The van der Waals surface area contributed by atoms with Crippen molar-refractivity contribution in [1.29, 1.82) is 0 Å². The number of aliphatic hydroxyl groups is 2. The molecule has 0 saturated heterocycles. The molecule has 5 rings (SSSR count). The van der Waals surface area contributed by atoms with Crippen molar-refractivity contribution < 1.29 is 31.8 Å². The number of rotatable bonds is 7. The minimum atomic E-state index is -4.58. The van der Waals surface area contributed by atoms with Crippen molar-refractivity contribution in [2.24, 2.45) is 51.8 Å². The first kappa shape index (κ1) is 34.2. The summed E-state index contributed by atoms with van der Waals surface area (Å²) in [5.74, 6) is 1.73. The molecule has 2 N–H and O–H groups in total. The van der Waals surface area contributed by atoms with Crippen LogP contribution in [0.4, 0.5) is 13.2 Å². The van der Waals surface area contributed by atoms with E-state index in [0.29, 0.717) is 41.4 Å². The summed E-state index contributed by atoms with van der Waals surface area (Å²) in [6.45, 7) is 12.7. The van der Waals surface area contributed by atoms with Gasteiger partial charge >= 0.3 is 6.18 Å². The second kappa shape index (κ2) is 11.5. The van der Waals surface area contributed by atoms with Crippen molar-refractivity contribution in [3.63, 3.8) is 0 Å². The molecule has 4 saturated carbocycles. The van der Waals surface area contributed by atoms with Crippen molar-refractivity contribution in [2.45, 2.75) is 140 Å². The highest BCUT2D eigenvalue weighted by Gasteiger charge is 2.65. The monoisotopic (exact) mass is 640 g/mol. The molecule has 4 aliphatic rings. The maximum Gasteiger partial charge on any atom is 0.417 e. The Labute approximate surface area is 263 Å². The highest BCUT2D eigenvalue weighted by atomic mass is 32.2. The van der Waals surface area contributed by atoms with Gasteiger partial charge in [0.2, 0.25) is 0 Å². The van der Waals surface area contributed by atoms with Crippen LogP contribution < -0.4 is 0 Å². The Balaban J connectivity index is 1.35. The Morgan fingerprint density at radius 3 is 2.14 bits per heavy atom. The number of hydrogen-bond donors (Lipinski definition) is 2. The molecule has 4 aliphatic carbocycles. The average Bonchev–Trinajstić information content (AvgIpc) is 3.29. The summed E-state index contributed by atoms with van der Waals surface area (Å²) in [7, 11) is -3.65. The largest absolute Gasteiger partial charge is 0.417 e. The fourth-order valence-electron chi connectivity index (χ4n) is 10.8. The van der Waals surface area contributed by atoms with Crippen molar-refractivity contribution >= 4 is 9.84 Å². The zero-order valence-corrected chi connectivity index (χ0v) is 28.4. The molecule has 1 aromatic carbocycles. The lowest BCUT2D eigenvalue weighted by atomic mass is 9.43. The molecule has 0 bridgehead atoms. The van der Waals surface area contributed by atoms with E-state index in [0.717, 1.165) is 38.5 Å². The molecule has 44 heavy (non-hydrogen) atoms. The molecule has 4 fully saturated rings. The van der Waals surface area contributed by atoms with Gasteiger partial charge < -0.3 is 10.2 Å². The molecule has 0 aliphatic heterocycles. The zero-order chi connectivity index (χ0) is 32.5. The van der Waals surface area contributed by atoms with E-state index in [2.05, 4.69) is 20.8 Å². The maximum atomic E-state index is 14.0. The minimum Gasteiger partial charge on any atom is -0.393 e. The van der Waals surface area contributed by atoms with Crippen LogP contribution in [-0.2, 0) is 9.84 Å². The van der Waals surface area contributed by atoms with Gasteiger partial charge in [0.25, 0.3) is 0 Å². The minimum absolute atomic E-state index is 0.0643. The standard InChI is InChI=1S/C36H55F3O4S/c1-23(20-26(21-31(40)32(2,3)4)44(42,43)25-10-8-7-9-11-25)28-14-15-29-27-13-12-24-22-35(41,36(37,38)39)19-18-33(24,5)30(27)16-17-34(28,29)6/h7-11,23-24,26-31,40-41H,12-22H2,1-6H3/t23-,24+,26?,27+,28-,29+,30+,31+,33+,34-,35+/m1/s1. The normalized spacial score (nSPS) is 39.9. The van der Waals surface area contributed by atoms with Crippen molar-refractivity contribution in [3.8, 4) is 0 Å². The van der Waals surface area contributed by atoms with Crippen LogP contribution in [0.2, 0.25) is 0 Å². The third-order valence-electron chi connectivity index (χ3n) is 13.6. The van der Waals surface area contributed by atoms with Crippen LogP contribution in [0, 0.1) is 51.8 Å². The Morgan fingerprint density at radius 2 is 1.52 bits per heavy atom. The number of sulfone groups is 1. The quantitative estimate of drug-likeness (QED) is 0.313. The van der Waals surface area contributed by atoms with Gasteiger partial charge in [0.15, 0.2) is 15.4 Å². The molecule has 11 atom stereocenters. The molecule has 1 unspecified atom stereocenters. The first-order valence-electron chi connectivity index (χ1n) is 17.0. The predicted molar refractivity (Wildman–Crippen MR) is 167 cm³/mol. The number of halogens is 3. The number of aliphatic hydroxyl groups excluding tert-OH is 1. The van der Waals surface area contributed by atoms with Crippen LogP contribution in [0.3, 0.4) is 0 Å². The van der Waals surface area contributed by atoms with Gasteiger partial charge in [-0.3, -0.25) is 0 Å². The molecule has 0 amide bonds. The molecule has 1 aromatic rings. The van der Waals surface area contributed by atoms with Crippen molar-refractivity contribution in [1.82, 2.24) is 0 Å². The lowest BCUT2D eigenvalue weighted by Crippen LogP contribution is -2.59. The maximum absolute atomic E-state index is 14.0. The topological polar surface area (TPSA) is 74.6 Å². The van der Waals surface area contributed by atoms with Crippen molar-refractivity contribution in [2.75, 3.05) is 0 Å². The summed E-state index contributed by atoms with van der Waals surface area (Å²) in [5, 5.41) is 20.9. The van der Waals surface area contributed by atoms with Gasteiger partial charge in [0.05, 0.1) is 16.2 Å². The predicted octanol–water partition coefficient (Wildman–Crippen LogP) is 8.60. The zero-order valence-electron chi connectivity index (χ0n) is 27.5.